The number of ether oxygens (including phenoxy) is 2. The number of hydrogen-bond acceptors (Lipinski definition) is 7. The van der Waals surface area contributed by atoms with E-state index < -0.39 is 11.6 Å². The molecule has 2 aromatic heterocycles. The lowest BCUT2D eigenvalue weighted by Crippen LogP contribution is -2.44. The Morgan fingerprint density at radius 1 is 1.22 bits per heavy atom. The monoisotopic (exact) mass is 433 g/mol. The average molecular weight is 433 g/mol. The molecule has 0 radical (unpaired) electrons. The molecule has 3 aliphatic heterocycles. The molecule has 164 valence electrons. The van der Waals surface area contributed by atoms with Crippen LogP contribution in [0.5, 0.6) is 5.75 Å². The number of fused-ring (bicyclic) bond motifs is 6. The molecular weight excluding hydrogens is 410 g/mol. The summed E-state index contributed by atoms with van der Waals surface area (Å²) < 4.78 is 12.6. The van der Waals surface area contributed by atoms with Crippen LogP contribution in [0.4, 0.5) is 0 Å². The third kappa shape index (κ3) is 2.42. The third-order valence-corrected chi connectivity index (χ3v) is 7.04. The number of carbonyl (C=O) groups is 1. The number of rotatable bonds is 2. The molecule has 0 fully saturated rings. The Labute approximate surface area is 183 Å². The predicted molar refractivity (Wildman–Crippen MR) is 116 cm³/mol. The van der Waals surface area contributed by atoms with Gasteiger partial charge in [0.05, 0.1) is 35.6 Å². The average Bonchev–Trinajstić information content (AvgIpc) is 3.17. The normalized spacial score (nSPS) is 20.8. The number of nitrogens with zero attached hydrogens (tertiary/aromatic N) is 2. The standard InChI is InChI=1S/C24H23N3O5/c1-2-24(30)17-7-19-21-15(10-27(19)22(28)16(17)11-32-23(24)29)14(9-25)13-6-12-4-3-5-31-20(12)8-18(13)26-21/h6-8,30H,2-5,9-11,25H2,1H3/t24-/m0/s1. The van der Waals surface area contributed by atoms with Crippen molar-refractivity contribution in [2.75, 3.05) is 6.61 Å². The summed E-state index contributed by atoms with van der Waals surface area (Å²) in [5.74, 6) is 0.107. The van der Waals surface area contributed by atoms with Gasteiger partial charge in [0.1, 0.15) is 12.4 Å². The molecule has 0 saturated carbocycles. The number of esters is 1. The van der Waals surface area contributed by atoms with E-state index in [1.165, 1.54) is 0 Å². The summed E-state index contributed by atoms with van der Waals surface area (Å²) in [5.41, 5.74) is 9.71. The second kappa shape index (κ2) is 6.63. The van der Waals surface area contributed by atoms with E-state index in [0.29, 0.717) is 42.2 Å². The Balaban J connectivity index is 1.64. The largest absolute Gasteiger partial charge is 0.493 e. The van der Waals surface area contributed by atoms with Crippen LogP contribution in [-0.2, 0) is 41.2 Å². The van der Waals surface area contributed by atoms with Crippen LogP contribution in [0.25, 0.3) is 22.3 Å². The third-order valence-electron chi connectivity index (χ3n) is 7.04. The number of pyridine rings is 2. The Bertz CT molecular complexity index is 1390. The van der Waals surface area contributed by atoms with Gasteiger partial charge < -0.3 is 24.9 Å². The van der Waals surface area contributed by atoms with Crippen LogP contribution in [-0.4, -0.2) is 27.2 Å². The summed E-state index contributed by atoms with van der Waals surface area (Å²) in [6, 6.07) is 5.78. The van der Waals surface area contributed by atoms with Crippen molar-refractivity contribution in [2.45, 2.75) is 51.5 Å². The topological polar surface area (TPSA) is 117 Å². The van der Waals surface area contributed by atoms with Crippen LogP contribution in [0.1, 0.15) is 47.6 Å². The molecular formula is C24H23N3O5. The van der Waals surface area contributed by atoms with Crippen LogP contribution in [0.2, 0.25) is 0 Å². The van der Waals surface area contributed by atoms with E-state index in [4.69, 9.17) is 20.2 Å². The fourth-order valence-corrected chi connectivity index (χ4v) is 5.24. The van der Waals surface area contributed by atoms with Gasteiger partial charge in [0.15, 0.2) is 5.60 Å². The highest BCUT2D eigenvalue weighted by atomic mass is 16.6. The maximum atomic E-state index is 13.4. The van der Waals surface area contributed by atoms with E-state index in [0.717, 1.165) is 46.2 Å². The number of nitrogens with two attached hydrogens (primary N) is 1. The van der Waals surface area contributed by atoms with E-state index in [1.54, 1.807) is 17.6 Å². The zero-order valence-corrected chi connectivity index (χ0v) is 17.7. The lowest BCUT2D eigenvalue weighted by Gasteiger charge is -2.31. The lowest BCUT2D eigenvalue weighted by molar-refractivity contribution is -0.172. The maximum absolute atomic E-state index is 13.4. The molecule has 0 spiro atoms. The second-order valence-corrected chi connectivity index (χ2v) is 8.65. The molecule has 0 unspecified atom stereocenters. The number of cyclic esters (lactones) is 1. The van der Waals surface area contributed by atoms with Crippen LogP contribution in [0.15, 0.2) is 23.0 Å². The van der Waals surface area contributed by atoms with E-state index in [2.05, 4.69) is 6.07 Å². The molecule has 5 heterocycles. The summed E-state index contributed by atoms with van der Waals surface area (Å²) in [5, 5.41) is 12.0. The minimum atomic E-state index is -1.84. The SMILES string of the molecule is CC[C@@]1(O)C(=O)OCc2c1cc1n(c2=O)Cc2c-1nc1cc3c(cc1c2CN)CCCO3. The van der Waals surface area contributed by atoms with Crippen molar-refractivity contribution in [3.8, 4) is 17.1 Å². The predicted octanol–water partition coefficient (Wildman–Crippen LogP) is 1.86. The lowest BCUT2D eigenvalue weighted by atomic mass is 9.86. The van der Waals surface area contributed by atoms with Crippen molar-refractivity contribution < 1.29 is 19.4 Å². The molecule has 0 aliphatic carbocycles. The van der Waals surface area contributed by atoms with Gasteiger partial charge in [-0.25, -0.2) is 9.78 Å². The molecule has 8 nitrogen and oxygen atoms in total. The van der Waals surface area contributed by atoms with Crippen LogP contribution >= 0.6 is 0 Å². The fourth-order valence-electron chi connectivity index (χ4n) is 5.24. The zero-order chi connectivity index (χ0) is 22.2. The first kappa shape index (κ1) is 19.5. The summed E-state index contributed by atoms with van der Waals surface area (Å²) in [6.07, 6.45) is 2.03. The van der Waals surface area contributed by atoms with Crippen molar-refractivity contribution in [1.82, 2.24) is 9.55 Å². The quantitative estimate of drug-likeness (QED) is 0.464. The summed E-state index contributed by atoms with van der Waals surface area (Å²) in [7, 11) is 0. The molecule has 32 heavy (non-hydrogen) atoms. The highest BCUT2D eigenvalue weighted by Gasteiger charge is 2.45. The van der Waals surface area contributed by atoms with E-state index >= 15 is 0 Å². The first-order valence-electron chi connectivity index (χ1n) is 10.9. The van der Waals surface area contributed by atoms with Gasteiger partial charge in [0.2, 0.25) is 0 Å². The van der Waals surface area contributed by atoms with Gasteiger partial charge in [-0.15, -0.1) is 0 Å². The van der Waals surface area contributed by atoms with Crippen LogP contribution < -0.4 is 16.0 Å². The Kier molecular flexibility index (Phi) is 4.03. The van der Waals surface area contributed by atoms with E-state index in [-0.39, 0.29) is 18.6 Å². The van der Waals surface area contributed by atoms with Gasteiger partial charge in [-0.05, 0) is 42.5 Å². The number of carbonyl (C=O) groups excluding carboxylic acids is 1. The molecule has 3 aromatic rings. The second-order valence-electron chi connectivity index (χ2n) is 8.65. The van der Waals surface area contributed by atoms with E-state index in [1.807, 2.05) is 6.07 Å². The van der Waals surface area contributed by atoms with Crippen molar-refractivity contribution >= 4 is 16.9 Å². The van der Waals surface area contributed by atoms with Crippen molar-refractivity contribution in [1.29, 1.82) is 0 Å². The van der Waals surface area contributed by atoms with Crippen LogP contribution in [0, 0.1) is 0 Å². The van der Waals surface area contributed by atoms with Gasteiger partial charge in [0.25, 0.3) is 5.56 Å². The first-order valence-corrected chi connectivity index (χ1v) is 10.9. The highest BCUT2D eigenvalue weighted by molar-refractivity contribution is 5.90. The first-order chi connectivity index (χ1) is 15.5. The van der Waals surface area contributed by atoms with Gasteiger partial charge >= 0.3 is 5.97 Å². The Morgan fingerprint density at radius 2 is 2.06 bits per heavy atom. The minimum Gasteiger partial charge on any atom is -0.493 e. The molecule has 0 amide bonds. The number of hydrogen-bond donors (Lipinski definition) is 2. The Hall–Kier alpha value is -3.23. The molecule has 0 bridgehead atoms. The van der Waals surface area contributed by atoms with Crippen LogP contribution in [0.3, 0.4) is 0 Å². The van der Waals surface area contributed by atoms with Gasteiger partial charge in [-0.1, -0.05) is 6.92 Å². The summed E-state index contributed by atoms with van der Waals surface area (Å²) in [4.78, 5) is 30.6. The zero-order valence-electron chi connectivity index (χ0n) is 17.7. The molecule has 3 aliphatic rings. The molecule has 8 heteroatoms. The number of benzene rings is 1. The number of aromatic nitrogens is 2. The molecule has 1 aromatic carbocycles. The van der Waals surface area contributed by atoms with Gasteiger partial charge in [0, 0.05) is 29.1 Å². The maximum Gasteiger partial charge on any atom is 0.343 e. The highest BCUT2D eigenvalue weighted by Crippen LogP contribution is 2.41. The number of aryl methyl sites for hydroxylation is 1. The van der Waals surface area contributed by atoms with Gasteiger partial charge in [-0.3, -0.25) is 4.79 Å². The smallest absolute Gasteiger partial charge is 0.343 e. The number of aliphatic hydroxyl groups is 1. The van der Waals surface area contributed by atoms with Crippen molar-refractivity contribution in [3.63, 3.8) is 0 Å². The summed E-state index contributed by atoms with van der Waals surface area (Å²) in [6.45, 7) is 2.89. The molecule has 0 saturated heterocycles. The van der Waals surface area contributed by atoms with Crippen molar-refractivity contribution in [2.24, 2.45) is 5.73 Å². The van der Waals surface area contributed by atoms with Gasteiger partial charge in [-0.2, -0.15) is 0 Å². The van der Waals surface area contributed by atoms with Crippen molar-refractivity contribution in [3.05, 3.63) is 56.4 Å². The molecule has 3 N–H and O–H groups in total. The fraction of sp³-hybridized carbons (Fsp3) is 0.375. The Morgan fingerprint density at radius 3 is 2.84 bits per heavy atom. The van der Waals surface area contributed by atoms with E-state index in [9.17, 15) is 14.7 Å². The molecule has 1 atom stereocenters. The minimum absolute atomic E-state index is 0.108. The molecule has 6 rings (SSSR count). The summed E-state index contributed by atoms with van der Waals surface area (Å²) >= 11 is 0.